The molecule has 16 heavy (non-hydrogen) atoms. The Morgan fingerprint density at radius 3 is 2.88 bits per heavy atom. The van der Waals surface area contributed by atoms with E-state index in [9.17, 15) is 4.39 Å². The van der Waals surface area contributed by atoms with Gasteiger partial charge in [-0.3, -0.25) is 0 Å². The summed E-state index contributed by atoms with van der Waals surface area (Å²) < 4.78 is 17.9. The van der Waals surface area contributed by atoms with Gasteiger partial charge in [0.15, 0.2) is 0 Å². The van der Waals surface area contributed by atoms with Crippen LogP contribution in [0.2, 0.25) is 0 Å². The molecule has 4 heteroatoms. The molecule has 0 amide bonds. The summed E-state index contributed by atoms with van der Waals surface area (Å²) in [5, 5.41) is 6.93. The van der Waals surface area contributed by atoms with E-state index in [1.165, 1.54) is 6.26 Å². The third-order valence-electron chi connectivity index (χ3n) is 2.36. The minimum atomic E-state index is -0.166. The van der Waals surface area contributed by atoms with Crippen molar-refractivity contribution in [2.45, 2.75) is 20.0 Å². The molecular formula is C12H13FN2O. The van der Waals surface area contributed by atoms with Gasteiger partial charge in [-0.05, 0) is 24.1 Å². The average Bonchev–Trinajstić information content (AvgIpc) is 2.76. The summed E-state index contributed by atoms with van der Waals surface area (Å²) in [6.45, 7) is 2.98. The van der Waals surface area contributed by atoms with Crippen LogP contribution in [0.25, 0.3) is 0 Å². The van der Waals surface area contributed by atoms with Crippen molar-refractivity contribution in [3.63, 3.8) is 0 Å². The molecule has 0 radical (unpaired) electrons. The van der Waals surface area contributed by atoms with E-state index in [0.29, 0.717) is 18.7 Å². The molecule has 0 unspecified atom stereocenters. The lowest BCUT2D eigenvalue weighted by Gasteiger charge is -2.04. The lowest BCUT2D eigenvalue weighted by atomic mass is 10.1. The van der Waals surface area contributed by atoms with Crippen molar-refractivity contribution in [3.8, 4) is 0 Å². The van der Waals surface area contributed by atoms with Crippen LogP contribution >= 0.6 is 0 Å². The van der Waals surface area contributed by atoms with E-state index in [0.717, 1.165) is 11.3 Å². The second-order valence-electron chi connectivity index (χ2n) is 3.68. The van der Waals surface area contributed by atoms with Gasteiger partial charge in [-0.2, -0.15) is 0 Å². The molecule has 1 heterocycles. The van der Waals surface area contributed by atoms with Crippen LogP contribution in [0.15, 0.2) is 35.1 Å². The molecule has 2 aromatic rings. The van der Waals surface area contributed by atoms with Crippen LogP contribution in [0.4, 0.5) is 4.39 Å². The topological polar surface area (TPSA) is 38.1 Å². The van der Waals surface area contributed by atoms with E-state index in [-0.39, 0.29) is 5.82 Å². The summed E-state index contributed by atoms with van der Waals surface area (Å²) in [4.78, 5) is 0. The molecule has 0 fully saturated rings. The van der Waals surface area contributed by atoms with E-state index >= 15 is 0 Å². The molecule has 0 aliphatic carbocycles. The van der Waals surface area contributed by atoms with Crippen molar-refractivity contribution in [1.82, 2.24) is 10.5 Å². The number of aryl methyl sites for hydroxylation is 1. The van der Waals surface area contributed by atoms with Crippen LogP contribution in [0.1, 0.15) is 16.8 Å². The molecule has 2 rings (SSSR count). The van der Waals surface area contributed by atoms with Gasteiger partial charge in [0.25, 0.3) is 0 Å². The van der Waals surface area contributed by atoms with E-state index in [1.807, 2.05) is 6.07 Å². The Kier molecular flexibility index (Phi) is 3.31. The molecule has 0 saturated heterocycles. The molecule has 0 atom stereocenters. The highest BCUT2D eigenvalue weighted by Crippen LogP contribution is 2.09. The average molecular weight is 220 g/mol. The molecule has 0 aliphatic rings. The Balaban J connectivity index is 1.87. The van der Waals surface area contributed by atoms with E-state index in [2.05, 4.69) is 10.5 Å². The van der Waals surface area contributed by atoms with Crippen molar-refractivity contribution in [3.05, 3.63) is 53.2 Å². The zero-order valence-corrected chi connectivity index (χ0v) is 9.03. The molecule has 0 bridgehead atoms. The highest BCUT2D eigenvalue weighted by molar-refractivity contribution is 5.23. The maximum Gasteiger partial charge on any atom is 0.126 e. The van der Waals surface area contributed by atoms with Gasteiger partial charge >= 0.3 is 0 Å². The minimum Gasteiger partial charge on any atom is -0.364 e. The fourth-order valence-corrected chi connectivity index (χ4v) is 1.41. The Bertz CT molecular complexity index is 454. The third-order valence-corrected chi connectivity index (χ3v) is 2.36. The molecule has 0 saturated carbocycles. The van der Waals surface area contributed by atoms with Crippen molar-refractivity contribution in [1.29, 1.82) is 0 Å². The normalized spacial score (nSPS) is 10.6. The summed E-state index contributed by atoms with van der Waals surface area (Å²) in [7, 11) is 0. The number of rotatable bonds is 4. The van der Waals surface area contributed by atoms with Gasteiger partial charge in [-0.1, -0.05) is 17.3 Å². The SMILES string of the molecule is Cc1ccc(CNCc2ccon2)cc1F. The minimum absolute atomic E-state index is 0.166. The van der Waals surface area contributed by atoms with Crippen LogP contribution in [0.5, 0.6) is 0 Å². The van der Waals surface area contributed by atoms with Gasteiger partial charge in [-0.25, -0.2) is 4.39 Å². The summed E-state index contributed by atoms with van der Waals surface area (Å²) >= 11 is 0. The van der Waals surface area contributed by atoms with Gasteiger partial charge < -0.3 is 9.84 Å². The lowest BCUT2D eigenvalue weighted by molar-refractivity contribution is 0.408. The summed E-state index contributed by atoms with van der Waals surface area (Å²) in [6.07, 6.45) is 1.53. The number of aromatic nitrogens is 1. The van der Waals surface area contributed by atoms with Crippen LogP contribution in [0, 0.1) is 12.7 Å². The molecule has 1 aromatic heterocycles. The van der Waals surface area contributed by atoms with Gasteiger partial charge in [0.1, 0.15) is 12.1 Å². The molecule has 0 aliphatic heterocycles. The van der Waals surface area contributed by atoms with E-state index < -0.39 is 0 Å². The number of benzene rings is 1. The van der Waals surface area contributed by atoms with Crippen molar-refractivity contribution >= 4 is 0 Å². The largest absolute Gasteiger partial charge is 0.364 e. The number of hydrogen-bond donors (Lipinski definition) is 1. The van der Waals surface area contributed by atoms with Crippen molar-refractivity contribution < 1.29 is 8.91 Å². The molecule has 1 aromatic carbocycles. The van der Waals surface area contributed by atoms with E-state index in [1.54, 1.807) is 25.1 Å². The zero-order chi connectivity index (χ0) is 11.4. The molecule has 1 N–H and O–H groups in total. The smallest absolute Gasteiger partial charge is 0.126 e. The second kappa shape index (κ2) is 4.90. The first-order chi connectivity index (χ1) is 7.75. The van der Waals surface area contributed by atoms with Crippen LogP contribution in [-0.4, -0.2) is 5.16 Å². The third kappa shape index (κ3) is 2.67. The predicted octanol–water partition coefficient (Wildman–Crippen LogP) is 2.41. The number of nitrogens with one attached hydrogen (secondary N) is 1. The Hall–Kier alpha value is -1.68. The van der Waals surface area contributed by atoms with Crippen LogP contribution < -0.4 is 5.32 Å². The Labute approximate surface area is 93.3 Å². The first-order valence-electron chi connectivity index (χ1n) is 5.11. The summed E-state index contributed by atoms with van der Waals surface area (Å²) in [5.74, 6) is -0.166. The van der Waals surface area contributed by atoms with E-state index in [4.69, 9.17) is 4.52 Å². The number of hydrogen-bond acceptors (Lipinski definition) is 3. The Morgan fingerprint density at radius 1 is 1.31 bits per heavy atom. The second-order valence-corrected chi connectivity index (χ2v) is 3.68. The molecule has 3 nitrogen and oxygen atoms in total. The molecule has 0 spiro atoms. The molecule has 84 valence electrons. The van der Waals surface area contributed by atoms with Crippen LogP contribution in [0.3, 0.4) is 0 Å². The van der Waals surface area contributed by atoms with Crippen LogP contribution in [-0.2, 0) is 13.1 Å². The summed E-state index contributed by atoms with van der Waals surface area (Å²) in [5.41, 5.74) is 2.43. The fourth-order valence-electron chi connectivity index (χ4n) is 1.41. The maximum atomic E-state index is 13.2. The first-order valence-corrected chi connectivity index (χ1v) is 5.11. The van der Waals surface area contributed by atoms with Gasteiger partial charge in [0.05, 0.1) is 5.69 Å². The summed E-state index contributed by atoms with van der Waals surface area (Å²) in [6, 6.07) is 7.03. The Morgan fingerprint density at radius 2 is 2.19 bits per heavy atom. The van der Waals surface area contributed by atoms with Crippen molar-refractivity contribution in [2.75, 3.05) is 0 Å². The highest BCUT2D eigenvalue weighted by atomic mass is 19.1. The lowest BCUT2D eigenvalue weighted by Crippen LogP contribution is -2.13. The highest BCUT2D eigenvalue weighted by Gasteiger charge is 2.00. The number of nitrogens with zero attached hydrogens (tertiary/aromatic N) is 1. The quantitative estimate of drug-likeness (QED) is 0.859. The van der Waals surface area contributed by atoms with Crippen molar-refractivity contribution in [2.24, 2.45) is 0 Å². The monoisotopic (exact) mass is 220 g/mol. The zero-order valence-electron chi connectivity index (χ0n) is 9.03. The first kappa shape index (κ1) is 10.8. The van der Waals surface area contributed by atoms with Gasteiger partial charge in [0.2, 0.25) is 0 Å². The predicted molar refractivity (Wildman–Crippen MR) is 58.2 cm³/mol. The maximum absolute atomic E-state index is 13.2. The standard InChI is InChI=1S/C12H13FN2O/c1-9-2-3-10(6-12(9)13)7-14-8-11-4-5-16-15-11/h2-6,14H,7-8H2,1H3. The fraction of sp³-hybridized carbons (Fsp3) is 0.250. The van der Waals surface area contributed by atoms with Gasteiger partial charge in [-0.15, -0.1) is 0 Å². The number of halogens is 1. The van der Waals surface area contributed by atoms with Gasteiger partial charge in [0, 0.05) is 19.2 Å². The molecular weight excluding hydrogens is 207 g/mol.